The second kappa shape index (κ2) is 10.4. The Morgan fingerprint density at radius 3 is 2.36 bits per heavy atom. The Morgan fingerprint density at radius 1 is 0.889 bits per heavy atom. The first-order valence-corrected chi connectivity index (χ1v) is 12.4. The normalized spacial score (nSPS) is 11.5. The Balaban J connectivity index is 1.68. The second-order valence-electron chi connectivity index (χ2n) is 10.8. The molecule has 5 heteroatoms. The van der Waals surface area contributed by atoms with Crippen LogP contribution in [0.4, 0.5) is 5.69 Å². The highest BCUT2D eigenvalue weighted by Gasteiger charge is 2.19. The monoisotopic (exact) mass is 481 g/mol. The van der Waals surface area contributed by atoms with Gasteiger partial charge in [0.2, 0.25) is 5.91 Å². The summed E-state index contributed by atoms with van der Waals surface area (Å²) < 4.78 is 2.07. The molecule has 0 saturated carbocycles. The molecule has 186 valence electrons. The maximum atomic E-state index is 13.4. The molecule has 2 amide bonds. The summed E-state index contributed by atoms with van der Waals surface area (Å²) in [5.74, 6) is -0.142. The van der Waals surface area contributed by atoms with Gasteiger partial charge >= 0.3 is 0 Å². The van der Waals surface area contributed by atoms with Crippen molar-refractivity contribution in [2.75, 3.05) is 5.32 Å². The number of rotatable bonds is 7. The van der Waals surface area contributed by atoms with Crippen LogP contribution >= 0.6 is 0 Å². The summed E-state index contributed by atoms with van der Waals surface area (Å²) in [6, 6.07) is 24.1. The van der Waals surface area contributed by atoms with Gasteiger partial charge in [0.15, 0.2) is 0 Å². The first-order valence-electron chi connectivity index (χ1n) is 12.4. The fourth-order valence-electron chi connectivity index (χ4n) is 4.40. The van der Waals surface area contributed by atoms with E-state index < -0.39 is 0 Å². The predicted molar refractivity (Wildman–Crippen MR) is 147 cm³/mol. The smallest absolute Gasteiger partial charge is 0.268 e. The van der Waals surface area contributed by atoms with E-state index in [4.69, 9.17) is 0 Å². The van der Waals surface area contributed by atoms with Gasteiger partial charge in [0.25, 0.3) is 5.91 Å². The Morgan fingerprint density at radius 2 is 1.64 bits per heavy atom. The summed E-state index contributed by atoms with van der Waals surface area (Å²) in [6.07, 6.45) is 0.436. The van der Waals surface area contributed by atoms with Crippen molar-refractivity contribution in [2.24, 2.45) is 5.41 Å². The summed E-state index contributed by atoms with van der Waals surface area (Å²) in [5.41, 5.74) is 6.79. The average molecular weight is 482 g/mol. The van der Waals surface area contributed by atoms with Crippen LogP contribution in [0.5, 0.6) is 0 Å². The van der Waals surface area contributed by atoms with Gasteiger partial charge in [-0.3, -0.25) is 9.59 Å². The number of fused-ring (bicyclic) bond motifs is 1. The van der Waals surface area contributed by atoms with Crippen LogP contribution in [0.2, 0.25) is 0 Å². The fraction of sp³-hybridized carbons (Fsp3) is 0.290. The molecule has 0 saturated heterocycles. The lowest BCUT2D eigenvalue weighted by atomic mass is 9.92. The number of carbonyl (C=O) groups is 2. The van der Waals surface area contributed by atoms with Crippen LogP contribution in [-0.4, -0.2) is 16.4 Å². The van der Waals surface area contributed by atoms with E-state index >= 15 is 0 Å². The van der Waals surface area contributed by atoms with Gasteiger partial charge in [-0.05, 0) is 60.2 Å². The molecule has 0 spiro atoms. The van der Waals surface area contributed by atoms with Gasteiger partial charge in [0.1, 0.15) is 5.69 Å². The van der Waals surface area contributed by atoms with Crippen molar-refractivity contribution in [2.45, 2.75) is 54.1 Å². The maximum absolute atomic E-state index is 13.4. The minimum atomic E-state index is -0.126. The summed E-state index contributed by atoms with van der Waals surface area (Å²) >= 11 is 0. The van der Waals surface area contributed by atoms with Crippen LogP contribution in [0.1, 0.15) is 59.9 Å². The molecule has 0 aliphatic carbocycles. The van der Waals surface area contributed by atoms with Gasteiger partial charge in [-0.25, -0.2) is 0 Å². The third kappa shape index (κ3) is 6.22. The summed E-state index contributed by atoms with van der Waals surface area (Å²) in [7, 11) is 0. The Hall–Kier alpha value is -3.86. The van der Waals surface area contributed by atoms with E-state index in [0.29, 0.717) is 25.2 Å². The molecule has 1 aromatic heterocycles. The topological polar surface area (TPSA) is 63.1 Å². The fourth-order valence-corrected chi connectivity index (χ4v) is 4.40. The van der Waals surface area contributed by atoms with Crippen molar-refractivity contribution in [3.05, 3.63) is 101 Å². The van der Waals surface area contributed by atoms with Gasteiger partial charge in [0.05, 0.1) is 0 Å². The lowest BCUT2D eigenvalue weighted by molar-refractivity contribution is -0.117. The molecule has 0 aliphatic heterocycles. The van der Waals surface area contributed by atoms with Gasteiger partial charge in [-0.2, -0.15) is 0 Å². The standard InChI is InChI=1S/C31H35N3O2/c1-21-11-12-22(2)25(15-21)20-34-27-14-13-26(33-29(35)18-31(3,4)5)16-24(27)17-28(34)30(36)32-19-23-9-7-6-8-10-23/h6-17H,18-20H2,1-5H3,(H,32,36)(H,33,35). The molecular formula is C31H35N3O2. The van der Waals surface area contributed by atoms with Crippen LogP contribution < -0.4 is 10.6 Å². The molecule has 4 rings (SSSR count). The Labute approximate surface area is 213 Å². The van der Waals surface area contributed by atoms with E-state index in [1.54, 1.807) is 0 Å². The molecule has 0 unspecified atom stereocenters. The van der Waals surface area contributed by atoms with Gasteiger partial charge < -0.3 is 15.2 Å². The van der Waals surface area contributed by atoms with Crippen molar-refractivity contribution in [1.29, 1.82) is 0 Å². The predicted octanol–water partition coefficient (Wildman–Crippen LogP) is 6.61. The maximum Gasteiger partial charge on any atom is 0.268 e. The zero-order chi connectivity index (χ0) is 25.9. The van der Waals surface area contributed by atoms with Crippen molar-refractivity contribution in [3.63, 3.8) is 0 Å². The van der Waals surface area contributed by atoms with Crippen molar-refractivity contribution >= 4 is 28.4 Å². The molecule has 4 aromatic rings. The first-order chi connectivity index (χ1) is 17.1. The zero-order valence-corrected chi connectivity index (χ0v) is 21.8. The van der Waals surface area contributed by atoms with E-state index in [0.717, 1.165) is 22.2 Å². The van der Waals surface area contributed by atoms with Crippen molar-refractivity contribution in [1.82, 2.24) is 9.88 Å². The molecule has 2 N–H and O–H groups in total. The molecule has 0 atom stereocenters. The number of hydrogen-bond acceptors (Lipinski definition) is 2. The average Bonchev–Trinajstić information content (AvgIpc) is 3.17. The first kappa shape index (κ1) is 25.2. The third-order valence-corrected chi connectivity index (χ3v) is 6.24. The number of anilines is 1. The summed E-state index contributed by atoms with van der Waals surface area (Å²) in [5, 5.41) is 7.00. The molecule has 0 fully saturated rings. The molecule has 36 heavy (non-hydrogen) atoms. The SMILES string of the molecule is Cc1ccc(C)c(Cn2c(C(=O)NCc3ccccc3)cc3cc(NC(=O)CC(C)(C)C)ccc32)c1. The number of aromatic nitrogens is 1. The summed E-state index contributed by atoms with van der Waals surface area (Å²) in [4.78, 5) is 25.9. The molecule has 0 bridgehead atoms. The molecule has 5 nitrogen and oxygen atoms in total. The van der Waals surface area contributed by atoms with Crippen molar-refractivity contribution in [3.8, 4) is 0 Å². The number of aryl methyl sites for hydroxylation is 2. The van der Waals surface area contributed by atoms with Crippen LogP contribution in [0.25, 0.3) is 10.9 Å². The lowest BCUT2D eigenvalue weighted by Gasteiger charge is -2.17. The number of nitrogens with one attached hydrogen (secondary N) is 2. The molecule has 0 radical (unpaired) electrons. The number of hydrogen-bond donors (Lipinski definition) is 2. The van der Waals surface area contributed by atoms with E-state index in [2.05, 4.69) is 47.2 Å². The molecule has 1 heterocycles. The minimum Gasteiger partial charge on any atom is -0.347 e. The highest BCUT2D eigenvalue weighted by molar-refractivity contribution is 6.00. The van der Waals surface area contributed by atoms with E-state index in [1.807, 2.05) is 75.4 Å². The highest BCUT2D eigenvalue weighted by Crippen LogP contribution is 2.27. The number of nitrogens with zero attached hydrogens (tertiary/aromatic N) is 1. The van der Waals surface area contributed by atoms with Crippen LogP contribution in [-0.2, 0) is 17.9 Å². The number of benzene rings is 3. The van der Waals surface area contributed by atoms with Gasteiger partial charge in [-0.15, -0.1) is 0 Å². The van der Waals surface area contributed by atoms with E-state index in [1.165, 1.54) is 16.7 Å². The quantitative estimate of drug-likeness (QED) is 0.312. The molecule has 3 aromatic carbocycles. The Kier molecular flexibility index (Phi) is 7.30. The lowest BCUT2D eigenvalue weighted by Crippen LogP contribution is -2.25. The van der Waals surface area contributed by atoms with Crippen molar-refractivity contribution < 1.29 is 9.59 Å². The second-order valence-corrected chi connectivity index (χ2v) is 10.8. The number of amides is 2. The molecule has 0 aliphatic rings. The van der Waals surface area contributed by atoms with Crippen LogP contribution in [0.3, 0.4) is 0 Å². The highest BCUT2D eigenvalue weighted by atomic mass is 16.2. The zero-order valence-electron chi connectivity index (χ0n) is 21.8. The van der Waals surface area contributed by atoms with Gasteiger partial charge in [0, 0.05) is 36.1 Å². The molecular weight excluding hydrogens is 446 g/mol. The van der Waals surface area contributed by atoms with Crippen LogP contribution in [0, 0.1) is 19.3 Å². The minimum absolute atomic E-state index is 0.0162. The van der Waals surface area contributed by atoms with Crippen LogP contribution in [0.15, 0.2) is 72.8 Å². The third-order valence-electron chi connectivity index (χ3n) is 6.24. The largest absolute Gasteiger partial charge is 0.347 e. The summed E-state index contributed by atoms with van der Waals surface area (Å²) in [6.45, 7) is 11.4. The van der Waals surface area contributed by atoms with E-state index in [-0.39, 0.29) is 17.2 Å². The Bertz CT molecular complexity index is 1390. The van der Waals surface area contributed by atoms with Gasteiger partial charge in [-0.1, -0.05) is 74.9 Å². The van der Waals surface area contributed by atoms with E-state index in [9.17, 15) is 9.59 Å². The number of carbonyl (C=O) groups excluding carboxylic acids is 2.